The van der Waals surface area contributed by atoms with E-state index < -0.39 is 0 Å². The first-order valence-corrected chi connectivity index (χ1v) is 9.48. The number of carbonyl (C=O) groups is 1. The number of fused-ring (bicyclic) bond motifs is 3. The molecule has 0 saturated heterocycles. The molecule has 0 fully saturated rings. The van der Waals surface area contributed by atoms with E-state index >= 15 is 0 Å². The predicted molar refractivity (Wildman–Crippen MR) is 106 cm³/mol. The number of ether oxygens (including phenoxy) is 1. The SMILES string of the molecule is COCC(=O)N1CCc2[nH]c3c(Cl)c(Cl)cc(-c4ccn(C)n4)c3c2C1C. The van der Waals surface area contributed by atoms with Gasteiger partial charge in [-0.25, -0.2) is 0 Å². The lowest BCUT2D eigenvalue weighted by atomic mass is 9.93. The smallest absolute Gasteiger partial charge is 0.249 e. The average molecular weight is 407 g/mol. The minimum atomic E-state index is -0.107. The van der Waals surface area contributed by atoms with Crippen LogP contribution in [0, 0.1) is 0 Å². The van der Waals surface area contributed by atoms with Gasteiger partial charge in [0.1, 0.15) is 6.61 Å². The summed E-state index contributed by atoms with van der Waals surface area (Å²) in [7, 11) is 3.41. The zero-order valence-corrected chi connectivity index (χ0v) is 16.9. The molecule has 0 radical (unpaired) electrons. The molecule has 4 rings (SSSR count). The van der Waals surface area contributed by atoms with Gasteiger partial charge in [0.05, 0.1) is 27.3 Å². The van der Waals surface area contributed by atoms with Gasteiger partial charge in [-0.3, -0.25) is 9.48 Å². The summed E-state index contributed by atoms with van der Waals surface area (Å²) in [6.07, 6.45) is 2.61. The molecule has 142 valence electrons. The largest absolute Gasteiger partial charge is 0.375 e. The topological polar surface area (TPSA) is 63.1 Å². The second-order valence-corrected chi connectivity index (χ2v) is 7.59. The van der Waals surface area contributed by atoms with Crippen LogP contribution in [-0.4, -0.2) is 45.8 Å². The third-order valence-electron chi connectivity index (χ3n) is 5.16. The van der Waals surface area contributed by atoms with Crippen LogP contribution in [0.2, 0.25) is 10.0 Å². The minimum Gasteiger partial charge on any atom is -0.375 e. The number of aromatic amines is 1. The second kappa shape index (κ2) is 6.86. The molecule has 0 spiro atoms. The van der Waals surface area contributed by atoms with Gasteiger partial charge in [0.25, 0.3) is 0 Å². The summed E-state index contributed by atoms with van der Waals surface area (Å²) >= 11 is 12.9. The van der Waals surface area contributed by atoms with Gasteiger partial charge >= 0.3 is 0 Å². The fourth-order valence-corrected chi connectivity index (χ4v) is 4.34. The number of nitrogens with one attached hydrogen (secondary N) is 1. The lowest BCUT2D eigenvalue weighted by molar-refractivity contribution is -0.137. The maximum absolute atomic E-state index is 12.5. The van der Waals surface area contributed by atoms with Crippen molar-refractivity contribution in [1.29, 1.82) is 0 Å². The molecule has 1 aliphatic heterocycles. The number of rotatable bonds is 3. The molecule has 1 N–H and O–H groups in total. The first-order valence-electron chi connectivity index (χ1n) is 8.73. The highest BCUT2D eigenvalue weighted by molar-refractivity contribution is 6.45. The number of aryl methyl sites for hydroxylation is 1. The molecule has 0 saturated carbocycles. The van der Waals surface area contributed by atoms with Crippen molar-refractivity contribution < 1.29 is 9.53 Å². The van der Waals surface area contributed by atoms with E-state index in [4.69, 9.17) is 27.9 Å². The molecule has 2 aromatic heterocycles. The van der Waals surface area contributed by atoms with Gasteiger partial charge in [0.2, 0.25) is 5.91 Å². The number of hydrogen-bond donors (Lipinski definition) is 1. The lowest BCUT2D eigenvalue weighted by Crippen LogP contribution is -2.40. The molecule has 1 unspecified atom stereocenters. The number of benzene rings is 1. The fraction of sp³-hybridized carbons (Fsp3) is 0.368. The Morgan fingerprint density at radius 1 is 1.44 bits per heavy atom. The molecule has 6 nitrogen and oxygen atoms in total. The standard InChI is InChI=1S/C19H20Cl2N4O2/c1-10-16-14(5-7-25(10)15(26)9-27-3)22-19-17(16)11(8-12(20)18(19)21)13-4-6-24(2)23-13/h4,6,8,10,22H,5,7,9H2,1-3H3. The van der Waals surface area contributed by atoms with Crippen LogP contribution < -0.4 is 0 Å². The van der Waals surface area contributed by atoms with Crippen LogP contribution in [0.15, 0.2) is 18.3 Å². The summed E-state index contributed by atoms with van der Waals surface area (Å²) in [6, 6.07) is 3.69. The van der Waals surface area contributed by atoms with Gasteiger partial charge in [0.15, 0.2) is 0 Å². The van der Waals surface area contributed by atoms with E-state index in [0.717, 1.165) is 39.8 Å². The summed E-state index contributed by atoms with van der Waals surface area (Å²) in [5, 5.41) is 6.48. The molecule has 1 atom stereocenters. The number of halogens is 2. The van der Waals surface area contributed by atoms with E-state index in [2.05, 4.69) is 10.1 Å². The van der Waals surface area contributed by atoms with E-state index in [1.54, 1.807) is 4.68 Å². The molecule has 27 heavy (non-hydrogen) atoms. The highest BCUT2D eigenvalue weighted by Crippen LogP contribution is 2.44. The summed E-state index contributed by atoms with van der Waals surface area (Å²) in [5.74, 6) is -0.0237. The molecule has 8 heteroatoms. The number of hydrogen-bond acceptors (Lipinski definition) is 3. The molecule has 1 aliphatic rings. The van der Waals surface area contributed by atoms with Crippen molar-refractivity contribution in [3.05, 3.63) is 39.6 Å². The van der Waals surface area contributed by atoms with Gasteiger partial charge < -0.3 is 14.6 Å². The first-order chi connectivity index (χ1) is 12.9. The van der Waals surface area contributed by atoms with E-state index in [-0.39, 0.29) is 18.6 Å². The Balaban J connectivity index is 1.95. The summed E-state index contributed by atoms with van der Waals surface area (Å²) in [6.45, 7) is 2.73. The van der Waals surface area contributed by atoms with Gasteiger partial charge in [-0.1, -0.05) is 23.2 Å². The van der Waals surface area contributed by atoms with Gasteiger partial charge in [-0.15, -0.1) is 0 Å². The van der Waals surface area contributed by atoms with Crippen LogP contribution in [-0.2, 0) is 23.0 Å². The van der Waals surface area contributed by atoms with Crippen molar-refractivity contribution in [3.8, 4) is 11.3 Å². The molecule has 1 aromatic carbocycles. The number of H-pyrrole nitrogens is 1. The maximum atomic E-state index is 12.5. The fourth-order valence-electron chi connectivity index (χ4n) is 3.94. The number of aromatic nitrogens is 3. The van der Waals surface area contributed by atoms with E-state index in [9.17, 15) is 4.79 Å². The Hall–Kier alpha value is -2.02. The molecule has 3 heterocycles. The molecular weight excluding hydrogens is 387 g/mol. The molecule has 0 bridgehead atoms. The zero-order chi connectivity index (χ0) is 19.3. The first kappa shape index (κ1) is 18.3. The predicted octanol–water partition coefficient (Wildman–Crippen LogP) is 3.97. The molecule has 3 aromatic rings. The van der Waals surface area contributed by atoms with Crippen molar-refractivity contribution in [2.24, 2.45) is 7.05 Å². The molecule has 0 aliphatic carbocycles. The minimum absolute atomic E-state index is 0.0237. The van der Waals surface area contributed by atoms with Gasteiger partial charge in [-0.05, 0) is 19.1 Å². The Labute approximate surface area is 167 Å². The normalized spacial score (nSPS) is 16.8. The van der Waals surface area contributed by atoms with Crippen molar-refractivity contribution in [1.82, 2.24) is 19.7 Å². The lowest BCUT2D eigenvalue weighted by Gasteiger charge is -2.34. The van der Waals surface area contributed by atoms with Crippen LogP contribution in [0.3, 0.4) is 0 Å². The van der Waals surface area contributed by atoms with Crippen LogP contribution in [0.5, 0.6) is 0 Å². The van der Waals surface area contributed by atoms with Crippen LogP contribution in [0.4, 0.5) is 0 Å². The van der Waals surface area contributed by atoms with Crippen LogP contribution in [0.1, 0.15) is 24.2 Å². The van der Waals surface area contributed by atoms with Crippen molar-refractivity contribution in [2.75, 3.05) is 20.3 Å². The maximum Gasteiger partial charge on any atom is 0.249 e. The van der Waals surface area contributed by atoms with Gasteiger partial charge in [-0.2, -0.15) is 5.10 Å². The zero-order valence-electron chi connectivity index (χ0n) is 15.3. The molecule has 1 amide bonds. The van der Waals surface area contributed by atoms with E-state index in [1.807, 2.05) is 37.2 Å². The second-order valence-electron chi connectivity index (χ2n) is 6.81. The summed E-state index contributed by atoms with van der Waals surface area (Å²) < 4.78 is 6.79. The summed E-state index contributed by atoms with van der Waals surface area (Å²) in [5.41, 5.74) is 4.67. The van der Waals surface area contributed by atoms with Gasteiger partial charge in [0, 0.05) is 55.5 Å². The Morgan fingerprint density at radius 2 is 2.22 bits per heavy atom. The third-order valence-corrected chi connectivity index (χ3v) is 5.94. The number of amides is 1. The van der Waals surface area contributed by atoms with E-state index in [0.29, 0.717) is 16.6 Å². The number of methoxy groups -OCH3 is 1. The van der Waals surface area contributed by atoms with Crippen LogP contribution in [0.25, 0.3) is 22.2 Å². The number of nitrogens with zero attached hydrogens (tertiary/aromatic N) is 3. The van der Waals surface area contributed by atoms with Crippen molar-refractivity contribution in [3.63, 3.8) is 0 Å². The number of carbonyl (C=O) groups excluding carboxylic acids is 1. The van der Waals surface area contributed by atoms with E-state index in [1.165, 1.54) is 7.11 Å². The van der Waals surface area contributed by atoms with Crippen molar-refractivity contribution in [2.45, 2.75) is 19.4 Å². The Morgan fingerprint density at radius 3 is 2.89 bits per heavy atom. The Bertz CT molecular complexity index is 1040. The summed E-state index contributed by atoms with van der Waals surface area (Å²) in [4.78, 5) is 17.8. The van der Waals surface area contributed by atoms with Crippen molar-refractivity contribution >= 4 is 40.0 Å². The average Bonchev–Trinajstić information content (AvgIpc) is 3.23. The monoisotopic (exact) mass is 406 g/mol. The highest BCUT2D eigenvalue weighted by atomic mass is 35.5. The Kier molecular flexibility index (Phi) is 4.66. The highest BCUT2D eigenvalue weighted by Gasteiger charge is 2.32. The van der Waals surface area contributed by atoms with Crippen LogP contribution >= 0.6 is 23.2 Å². The quantitative estimate of drug-likeness (QED) is 0.715. The molecular formula is C19H20Cl2N4O2. The third kappa shape index (κ3) is 2.92.